The van der Waals surface area contributed by atoms with Crippen LogP contribution in [0.5, 0.6) is 0 Å². The summed E-state index contributed by atoms with van der Waals surface area (Å²) in [4.78, 5) is 17.4. The predicted octanol–water partition coefficient (Wildman–Crippen LogP) is 1.42. The minimum absolute atomic E-state index is 0.216. The van der Waals surface area contributed by atoms with Crippen LogP contribution in [-0.4, -0.2) is 38.9 Å². The highest BCUT2D eigenvalue weighted by Crippen LogP contribution is 2.20. The Bertz CT molecular complexity index is 454. The van der Waals surface area contributed by atoms with E-state index in [-0.39, 0.29) is 6.04 Å². The number of fused-ring (bicyclic) bond motifs is 1. The van der Waals surface area contributed by atoms with Gasteiger partial charge in [-0.2, -0.15) is 0 Å². The Labute approximate surface area is 92.5 Å². The molecule has 6 heteroatoms. The van der Waals surface area contributed by atoms with Crippen LogP contribution in [0, 0.1) is 0 Å². The summed E-state index contributed by atoms with van der Waals surface area (Å²) in [6, 6.07) is 0.216. The Morgan fingerprint density at radius 2 is 2.27 bits per heavy atom. The maximum absolute atomic E-state index is 5.81. The maximum Gasteiger partial charge on any atom is 0.182 e. The van der Waals surface area contributed by atoms with Crippen molar-refractivity contribution < 1.29 is 0 Å². The molecule has 1 N–H and O–H groups in total. The smallest absolute Gasteiger partial charge is 0.182 e. The number of H-pyrrole nitrogens is 1. The summed E-state index contributed by atoms with van der Waals surface area (Å²) >= 11 is 5.81. The average Bonchev–Trinajstić information content (AvgIpc) is 2.74. The van der Waals surface area contributed by atoms with E-state index in [2.05, 4.69) is 19.9 Å². The van der Waals surface area contributed by atoms with Gasteiger partial charge in [0.05, 0.1) is 6.33 Å². The van der Waals surface area contributed by atoms with Crippen LogP contribution in [0.1, 0.15) is 6.92 Å². The maximum atomic E-state index is 5.81. The molecule has 2 rings (SSSR count). The molecular weight excluding hydrogens is 214 g/mol. The number of nitrogens with one attached hydrogen (secondary N) is 1. The highest BCUT2D eigenvalue weighted by Gasteiger charge is 2.14. The summed E-state index contributed by atoms with van der Waals surface area (Å²) < 4.78 is 0. The molecule has 0 aliphatic carbocycles. The third-order valence-corrected chi connectivity index (χ3v) is 2.87. The highest BCUT2D eigenvalue weighted by atomic mass is 35.5. The molecule has 0 saturated carbocycles. The highest BCUT2D eigenvalue weighted by molar-refractivity contribution is 6.18. The quantitative estimate of drug-likeness (QED) is 0.803. The number of aromatic nitrogens is 4. The van der Waals surface area contributed by atoms with E-state index in [1.807, 2.05) is 18.9 Å². The molecule has 80 valence electrons. The number of hydrogen-bond acceptors (Lipinski definition) is 4. The van der Waals surface area contributed by atoms with Crippen LogP contribution in [0.4, 0.5) is 5.82 Å². The zero-order valence-electron chi connectivity index (χ0n) is 8.61. The molecule has 0 amide bonds. The van der Waals surface area contributed by atoms with Crippen LogP contribution in [0.25, 0.3) is 11.2 Å². The van der Waals surface area contributed by atoms with E-state index < -0.39 is 0 Å². The monoisotopic (exact) mass is 225 g/mol. The SMILES string of the molecule is CC(CCl)N(C)c1ncnc2nc[nH]c12. The van der Waals surface area contributed by atoms with Crippen molar-refractivity contribution >= 4 is 28.6 Å². The van der Waals surface area contributed by atoms with E-state index in [1.54, 1.807) is 6.33 Å². The first kappa shape index (κ1) is 10.2. The van der Waals surface area contributed by atoms with Crippen molar-refractivity contribution in [3.05, 3.63) is 12.7 Å². The Morgan fingerprint density at radius 3 is 3.00 bits per heavy atom. The van der Waals surface area contributed by atoms with Gasteiger partial charge in [-0.15, -0.1) is 11.6 Å². The number of rotatable bonds is 3. The van der Waals surface area contributed by atoms with Crippen molar-refractivity contribution in [3.8, 4) is 0 Å². The lowest BCUT2D eigenvalue weighted by Gasteiger charge is -2.23. The molecule has 0 aromatic carbocycles. The first-order chi connectivity index (χ1) is 7.24. The van der Waals surface area contributed by atoms with E-state index >= 15 is 0 Å². The number of alkyl halides is 1. The zero-order chi connectivity index (χ0) is 10.8. The van der Waals surface area contributed by atoms with Crippen LogP contribution in [0.2, 0.25) is 0 Å². The second-order valence-corrected chi connectivity index (χ2v) is 3.72. The Kier molecular flexibility index (Phi) is 2.73. The van der Waals surface area contributed by atoms with Crippen molar-refractivity contribution in [1.29, 1.82) is 0 Å². The van der Waals surface area contributed by atoms with Gasteiger partial charge in [-0.25, -0.2) is 15.0 Å². The fourth-order valence-corrected chi connectivity index (χ4v) is 1.54. The lowest BCUT2D eigenvalue weighted by Crippen LogP contribution is -2.31. The van der Waals surface area contributed by atoms with Crippen molar-refractivity contribution in [2.45, 2.75) is 13.0 Å². The van der Waals surface area contributed by atoms with E-state index in [1.165, 1.54) is 6.33 Å². The molecule has 2 aromatic heterocycles. The van der Waals surface area contributed by atoms with Crippen molar-refractivity contribution in [2.24, 2.45) is 0 Å². The second kappa shape index (κ2) is 4.02. The van der Waals surface area contributed by atoms with E-state index in [0.717, 1.165) is 11.3 Å². The third-order valence-electron chi connectivity index (χ3n) is 2.42. The number of nitrogens with zero attached hydrogens (tertiary/aromatic N) is 4. The van der Waals surface area contributed by atoms with Crippen LogP contribution in [-0.2, 0) is 0 Å². The molecule has 0 aliphatic rings. The van der Waals surface area contributed by atoms with Crippen molar-refractivity contribution in [1.82, 2.24) is 19.9 Å². The van der Waals surface area contributed by atoms with Gasteiger partial charge in [0.1, 0.15) is 11.8 Å². The van der Waals surface area contributed by atoms with Crippen LogP contribution < -0.4 is 4.90 Å². The molecule has 0 aliphatic heterocycles. The first-order valence-corrected chi connectivity index (χ1v) is 5.20. The summed E-state index contributed by atoms with van der Waals surface area (Å²) in [5.74, 6) is 1.38. The van der Waals surface area contributed by atoms with Gasteiger partial charge in [-0.1, -0.05) is 0 Å². The van der Waals surface area contributed by atoms with E-state index in [9.17, 15) is 0 Å². The summed E-state index contributed by atoms with van der Waals surface area (Å²) in [6.07, 6.45) is 3.12. The molecule has 2 aromatic rings. The number of aromatic amines is 1. The minimum Gasteiger partial charge on any atom is -0.354 e. The summed E-state index contributed by atoms with van der Waals surface area (Å²) in [7, 11) is 1.95. The number of anilines is 1. The van der Waals surface area contributed by atoms with Crippen LogP contribution in [0.15, 0.2) is 12.7 Å². The molecule has 0 bridgehead atoms. The van der Waals surface area contributed by atoms with Gasteiger partial charge in [-0.3, -0.25) is 0 Å². The van der Waals surface area contributed by atoms with Crippen molar-refractivity contribution in [3.63, 3.8) is 0 Å². The van der Waals surface area contributed by atoms with Crippen LogP contribution >= 0.6 is 11.6 Å². The second-order valence-electron chi connectivity index (χ2n) is 3.41. The molecule has 0 fully saturated rings. The fraction of sp³-hybridized carbons (Fsp3) is 0.444. The molecule has 5 nitrogen and oxygen atoms in total. The molecule has 1 unspecified atom stereocenters. The molecule has 0 spiro atoms. The van der Waals surface area contributed by atoms with Gasteiger partial charge in [0.15, 0.2) is 11.5 Å². The first-order valence-electron chi connectivity index (χ1n) is 4.67. The summed E-state index contributed by atoms with van der Waals surface area (Å²) in [6.45, 7) is 2.04. The van der Waals surface area contributed by atoms with Gasteiger partial charge in [0.2, 0.25) is 0 Å². The molecular formula is C9H12ClN5. The van der Waals surface area contributed by atoms with Gasteiger partial charge in [0, 0.05) is 19.0 Å². The van der Waals surface area contributed by atoms with Gasteiger partial charge in [0.25, 0.3) is 0 Å². The summed E-state index contributed by atoms with van der Waals surface area (Å²) in [5.41, 5.74) is 1.52. The van der Waals surface area contributed by atoms with Gasteiger partial charge >= 0.3 is 0 Å². The van der Waals surface area contributed by atoms with E-state index in [4.69, 9.17) is 11.6 Å². The number of halogens is 1. The normalized spacial score (nSPS) is 13.0. The average molecular weight is 226 g/mol. The Hall–Kier alpha value is -1.36. The molecule has 0 radical (unpaired) electrons. The molecule has 2 heterocycles. The largest absolute Gasteiger partial charge is 0.354 e. The topological polar surface area (TPSA) is 57.7 Å². The Balaban J connectivity index is 2.46. The van der Waals surface area contributed by atoms with Gasteiger partial charge in [-0.05, 0) is 6.92 Å². The standard InChI is InChI=1S/C9H12ClN5/c1-6(3-10)15(2)9-7-8(12-4-11-7)13-5-14-9/h4-6H,3H2,1-2H3,(H,11,12,13,14). The lowest BCUT2D eigenvalue weighted by molar-refractivity contribution is 0.751. The number of imidazole rings is 1. The molecule has 15 heavy (non-hydrogen) atoms. The number of hydrogen-bond donors (Lipinski definition) is 1. The molecule has 1 atom stereocenters. The van der Waals surface area contributed by atoms with E-state index in [0.29, 0.717) is 11.5 Å². The van der Waals surface area contributed by atoms with Crippen molar-refractivity contribution in [2.75, 3.05) is 17.8 Å². The lowest BCUT2D eigenvalue weighted by atomic mass is 10.3. The minimum atomic E-state index is 0.216. The van der Waals surface area contributed by atoms with Gasteiger partial charge < -0.3 is 9.88 Å². The molecule has 0 saturated heterocycles. The fourth-order valence-electron chi connectivity index (χ4n) is 1.33. The summed E-state index contributed by atoms with van der Waals surface area (Å²) in [5, 5.41) is 0. The predicted molar refractivity (Wildman–Crippen MR) is 60.3 cm³/mol. The Morgan fingerprint density at radius 1 is 1.47 bits per heavy atom. The third kappa shape index (κ3) is 1.74. The van der Waals surface area contributed by atoms with Crippen LogP contribution in [0.3, 0.4) is 0 Å². The zero-order valence-corrected chi connectivity index (χ0v) is 9.36.